The maximum Gasteiger partial charge on any atom is 0.328 e. The van der Waals surface area contributed by atoms with Gasteiger partial charge >= 0.3 is 5.97 Å². The zero-order valence-electron chi connectivity index (χ0n) is 16.0. The van der Waals surface area contributed by atoms with Gasteiger partial charge in [0.1, 0.15) is 30.0 Å². The molecule has 0 N–H and O–H groups in total. The van der Waals surface area contributed by atoms with Gasteiger partial charge in [-0.15, -0.1) is 0 Å². The van der Waals surface area contributed by atoms with E-state index in [9.17, 15) is 9.18 Å². The molecule has 6 nitrogen and oxygen atoms in total. The smallest absolute Gasteiger partial charge is 0.328 e. The van der Waals surface area contributed by atoms with E-state index >= 15 is 0 Å². The average Bonchev–Trinajstić information content (AvgIpc) is 2.74. The molecule has 28 heavy (non-hydrogen) atoms. The first-order valence-electron chi connectivity index (χ1n) is 9.07. The van der Waals surface area contributed by atoms with Gasteiger partial charge in [0.25, 0.3) is 0 Å². The summed E-state index contributed by atoms with van der Waals surface area (Å²) >= 11 is 0. The van der Waals surface area contributed by atoms with E-state index in [1.165, 1.54) is 6.07 Å². The van der Waals surface area contributed by atoms with Crippen LogP contribution in [-0.2, 0) is 20.9 Å². The van der Waals surface area contributed by atoms with Crippen LogP contribution in [0.1, 0.15) is 17.2 Å². The monoisotopic (exact) mass is 389 g/mol. The molecule has 150 valence electrons. The third-order valence-electron chi connectivity index (χ3n) is 4.69. The molecule has 3 rings (SSSR count). The Labute approximate surface area is 163 Å². The Morgan fingerprint density at radius 3 is 2.57 bits per heavy atom. The Kier molecular flexibility index (Phi) is 6.84. The Hall–Kier alpha value is -2.64. The first-order chi connectivity index (χ1) is 13.6. The van der Waals surface area contributed by atoms with Gasteiger partial charge in [0, 0.05) is 24.2 Å². The van der Waals surface area contributed by atoms with Gasteiger partial charge in [0.2, 0.25) is 0 Å². The predicted molar refractivity (Wildman–Crippen MR) is 101 cm³/mol. The van der Waals surface area contributed by atoms with Crippen molar-refractivity contribution in [1.82, 2.24) is 4.90 Å². The Morgan fingerprint density at radius 1 is 1.14 bits per heavy atom. The van der Waals surface area contributed by atoms with Crippen molar-refractivity contribution >= 4 is 5.97 Å². The van der Waals surface area contributed by atoms with Crippen molar-refractivity contribution in [3.63, 3.8) is 0 Å². The second-order valence-corrected chi connectivity index (χ2v) is 6.36. The molecular formula is C21H24FNO5. The molecule has 7 heteroatoms. The molecule has 1 aliphatic heterocycles. The fourth-order valence-corrected chi connectivity index (χ4v) is 3.23. The second kappa shape index (κ2) is 9.52. The Morgan fingerprint density at radius 2 is 1.89 bits per heavy atom. The number of methoxy groups -OCH3 is 2. The standard InChI is InChI=1S/C21H24FNO5/c1-25-16-7-8-19(26-2)15(13-16)14-28-21(24)20(23-9-11-27-12-10-23)17-5-3-4-6-18(17)22/h3-8,13,20H,9-12,14H2,1-2H3. The molecule has 2 aromatic carbocycles. The van der Waals surface area contributed by atoms with E-state index in [0.717, 1.165) is 0 Å². The molecule has 0 spiro atoms. The SMILES string of the molecule is COc1ccc(OC)c(COC(=O)C(c2ccccc2F)N2CCOCC2)c1. The van der Waals surface area contributed by atoms with Crippen LogP contribution < -0.4 is 9.47 Å². The fraction of sp³-hybridized carbons (Fsp3) is 0.381. The minimum absolute atomic E-state index is 0.00546. The Bertz CT molecular complexity index is 807. The quantitative estimate of drug-likeness (QED) is 0.679. The van der Waals surface area contributed by atoms with Gasteiger partial charge in [-0.1, -0.05) is 18.2 Å². The topological polar surface area (TPSA) is 57.2 Å². The summed E-state index contributed by atoms with van der Waals surface area (Å²) in [5.41, 5.74) is 0.969. The van der Waals surface area contributed by atoms with Crippen LogP contribution in [0.15, 0.2) is 42.5 Å². The summed E-state index contributed by atoms with van der Waals surface area (Å²) in [6.07, 6.45) is 0. The lowest BCUT2D eigenvalue weighted by Gasteiger charge is -2.33. The second-order valence-electron chi connectivity index (χ2n) is 6.36. The van der Waals surface area contributed by atoms with Crippen molar-refractivity contribution in [2.45, 2.75) is 12.6 Å². The van der Waals surface area contributed by atoms with Gasteiger partial charge in [-0.25, -0.2) is 9.18 Å². The van der Waals surface area contributed by atoms with Gasteiger partial charge in [-0.2, -0.15) is 0 Å². The number of rotatable bonds is 7. The predicted octanol–water partition coefficient (Wildman–Crippen LogP) is 2.96. The highest BCUT2D eigenvalue weighted by Crippen LogP contribution is 2.28. The molecule has 1 saturated heterocycles. The van der Waals surface area contributed by atoms with Crippen molar-refractivity contribution in [2.75, 3.05) is 40.5 Å². The lowest BCUT2D eigenvalue weighted by atomic mass is 10.0. The molecule has 0 bridgehead atoms. The third kappa shape index (κ3) is 4.61. The number of carbonyl (C=O) groups excluding carboxylic acids is 1. The number of ether oxygens (including phenoxy) is 4. The van der Waals surface area contributed by atoms with Crippen LogP contribution in [0.4, 0.5) is 4.39 Å². The van der Waals surface area contributed by atoms with E-state index in [4.69, 9.17) is 18.9 Å². The molecule has 0 radical (unpaired) electrons. The van der Waals surface area contributed by atoms with Crippen LogP contribution in [0.25, 0.3) is 0 Å². The summed E-state index contributed by atoms with van der Waals surface area (Å²) in [5.74, 6) is 0.264. The van der Waals surface area contributed by atoms with Gasteiger partial charge in [0.15, 0.2) is 0 Å². The van der Waals surface area contributed by atoms with Crippen LogP contribution >= 0.6 is 0 Å². The molecule has 1 unspecified atom stereocenters. The van der Waals surface area contributed by atoms with Gasteiger partial charge in [0.05, 0.1) is 27.4 Å². The highest BCUT2D eigenvalue weighted by molar-refractivity contribution is 5.78. The molecule has 1 aliphatic rings. The number of carbonyl (C=O) groups is 1. The lowest BCUT2D eigenvalue weighted by molar-refractivity contribution is -0.153. The number of hydrogen-bond acceptors (Lipinski definition) is 6. The largest absolute Gasteiger partial charge is 0.497 e. The van der Waals surface area contributed by atoms with Crippen molar-refractivity contribution in [1.29, 1.82) is 0 Å². The average molecular weight is 389 g/mol. The maximum absolute atomic E-state index is 14.4. The summed E-state index contributed by atoms with van der Waals surface area (Å²) in [6.45, 7) is 2.02. The van der Waals surface area contributed by atoms with Gasteiger partial charge in [-0.3, -0.25) is 4.90 Å². The molecule has 1 fully saturated rings. The molecule has 1 heterocycles. The van der Waals surface area contributed by atoms with Crippen LogP contribution in [0, 0.1) is 5.82 Å². The van der Waals surface area contributed by atoms with Crippen molar-refractivity contribution in [2.24, 2.45) is 0 Å². The van der Waals surface area contributed by atoms with Crippen molar-refractivity contribution in [3.8, 4) is 11.5 Å². The van der Waals surface area contributed by atoms with E-state index in [0.29, 0.717) is 48.9 Å². The van der Waals surface area contributed by atoms with Crippen LogP contribution in [0.2, 0.25) is 0 Å². The Balaban J connectivity index is 1.81. The third-order valence-corrected chi connectivity index (χ3v) is 4.69. The molecule has 0 amide bonds. The summed E-state index contributed by atoms with van der Waals surface area (Å²) in [5, 5.41) is 0. The van der Waals surface area contributed by atoms with E-state index in [2.05, 4.69) is 0 Å². The molecule has 0 saturated carbocycles. The number of benzene rings is 2. The highest BCUT2D eigenvalue weighted by atomic mass is 19.1. The highest BCUT2D eigenvalue weighted by Gasteiger charge is 2.32. The van der Waals surface area contributed by atoms with Crippen LogP contribution in [0.3, 0.4) is 0 Å². The fourth-order valence-electron chi connectivity index (χ4n) is 3.23. The minimum atomic E-state index is -0.832. The van der Waals surface area contributed by atoms with Crippen LogP contribution in [0.5, 0.6) is 11.5 Å². The number of nitrogens with zero attached hydrogens (tertiary/aromatic N) is 1. The molecule has 0 aromatic heterocycles. The van der Waals surface area contributed by atoms with Crippen molar-refractivity contribution in [3.05, 3.63) is 59.4 Å². The van der Waals surface area contributed by atoms with E-state index in [1.54, 1.807) is 50.6 Å². The summed E-state index contributed by atoms with van der Waals surface area (Å²) in [6, 6.07) is 10.7. The van der Waals surface area contributed by atoms with E-state index < -0.39 is 17.8 Å². The summed E-state index contributed by atoms with van der Waals surface area (Å²) < 4.78 is 35.9. The minimum Gasteiger partial charge on any atom is -0.497 e. The van der Waals surface area contributed by atoms with Crippen LogP contribution in [-0.4, -0.2) is 51.4 Å². The normalized spacial score (nSPS) is 15.7. The molecule has 0 aliphatic carbocycles. The van der Waals surface area contributed by atoms with Gasteiger partial charge < -0.3 is 18.9 Å². The first kappa shape index (κ1) is 20.1. The van der Waals surface area contributed by atoms with E-state index in [1.807, 2.05) is 4.90 Å². The zero-order chi connectivity index (χ0) is 19.9. The first-order valence-corrected chi connectivity index (χ1v) is 9.07. The van der Waals surface area contributed by atoms with Crippen molar-refractivity contribution < 1.29 is 28.1 Å². The van der Waals surface area contributed by atoms with Gasteiger partial charge in [-0.05, 0) is 24.3 Å². The number of esters is 1. The molecule has 2 aromatic rings. The molecule has 1 atom stereocenters. The van der Waals surface area contributed by atoms with E-state index in [-0.39, 0.29) is 6.61 Å². The number of halogens is 1. The summed E-state index contributed by atoms with van der Waals surface area (Å²) in [7, 11) is 3.10. The summed E-state index contributed by atoms with van der Waals surface area (Å²) in [4.78, 5) is 14.9. The zero-order valence-corrected chi connectivity index (χ0v) is 16.0. The molecular weight excluding hydrogens is 365 g/mol. The lowest BCUT2D eigenvalue weighted by Crippen LogP contribution is -2.43. The number of morpholine rings is 1. The number of hydrogen-bond donors (Lipinski definition) is 0. The maximum atomic E-state index is 14.4.